The van der Waals surface area contributed by atoms with E-state index in [0.717, 1.165) is 62.2 Å². The molecule has 0 radical (unpaired) electrons. The van der Waals surface area contributed by atoms with Gasteiger partial charge >= 0.3 is 0 Å². The molecule has 5 heterocycles. The van der Waals surface area contributed by atoms with Crippen LogP contribution in [0.5, 0.6) is 0 Å². The Balaban J connectivity index is 1.26. The smallest absolute Gasteiger partial charge is 0.140 e. The summed E-state index contributed by atoms with van der Waals surface area (Å²) in [5.41, 5.74) is 7.38. The number of hydrogen-bond donors (Lipinski definition) is 2. The Labute approximate surface area is 197 Å². The van der Waals surface area contributed by atoms with Crippen LogP contribution in [-0.4, -0.2) is 45.6 Å². The fourth-order valence-corrected chi connectivity index (χ4v) is 4.96. The molecule has 0 unspecified atom stereocenters. The van der Waals surface area contributed by atoms with E-state index >= 15 is 0 Å². The van der Waals surface area contributed by atoms with E-state index in [1.54, 1.807) is 6.20 Å². The van der Waals surface area contributed by atoms with E-state index in [4.69, 9.17) is 9.72 Å². The minimum atomic E-state index is -0.283. The monoisotopic (exact) mass is 458 g/mol. The van der Waals surface area contributed by atoms with Crippen LogP contribution in [0.4, 0.5) is 15.9 Å². The molecule has 1 fully saturated rings. The highest BCUT2D eigenvalue weighted by atomic mass is 19.1. The first kappa shape index (κ1) is 21.2. The largest absolute Gasteiger partial charge is 0.379 e. The number of anilines is 2. The predicted molar refractivity (Wildman–Crippen MR) is 129 cm³/mol. The number of morpholine rings is 1. The number of nitrogens with one attached hydrogen (secondary N) is 2. The average molecular weight is 459 g/mol. The standard InChI is InChI=1S/C26H27FN6O/c1-17(32-8-10-34-11-9-32)18-2-5-25(29-13-18)31-23-4-3-20(21-14-28-15-22(21)23)24-16-30-26-12-19(27)6-7-33(24)26/h2-7,12-13,16-17,28H,8-11,14-15H2,1H3,(H,29,31)/t17-/m1/s1. The van der Waals surface area contributed by atoms with Crippen molar-refractivity contribution >= 4 is 17.2 Å². The van der Waals surface area contributed by atoms with E-state index in [1.807, 2.05) is 22.9 Å². The quantitative estimate of drug-likeness (QED) is 0.466. The highest BCUT2D eigenvalue weighted by Crippen LogP contribution is 2.35. The predicted octanol–water partition coefficient (Wildman–Crippen LogP) is 4.28. The zero-order chi connectivity index (χ0) is 23.1. The first-order chi connectivity index (χ1) is 16.7. The van der Waals surface area contributed by atoms with Crippen molar-refractivity contribution < 1.29 is 9.13 Å². The van der Waals surface area contributed by atoms with Gasteiger partial charge in [0.2, 0.25) is 0 Å². The number of ether oxygens (including phenoxy) is 1. The van der Waals surface area contributed by atoms with Crippen molar-refractivity contribution in [2.45, 2.75) is 26.1 Å². The van der Waals surface area contributed by atoms with Gasteiger partial charge in [-0.3, -0.25) is 9.30 Å². The van der Waals surface area contributed by atoms with E-state index < -0.39 is 0 Å². The molecule has 0 amide bonds. The lowest BCUT2D eigenvalue weighted by Gasteiger charge is -2.32. The second-order valence-corrected chi connectivity index (χ2v) is 8.86. The maximum atomic E-state index is 13.6. The van der Waals surface area contributed by atoms with Crippen LogP contribution in [0.3, 0.4) is 0 Å². The second-order valence-electron chi connectivity index (χ2n) is 8.86. The van der Waals surface area contributed by atoms with Crippen molar-refractivity contribution in [3.8, 4) is 11.3 Å². The molecule has 1 atom stereocenters. The number of halogens is 1. The van der Waals surface area contributed by atoms with Gasteiger partial charge in [0.25, 0.3) is 0 Å². The summed E-state index contributed by atoms with van der Waals surface area (Å²) in [7, 11) is 0. The third kappa shape index (κ3) is 3.83. The highest BCUT2D eigenvalue weighted by Gasteiger charge is 2.22. The van der Waals surface area contributed by atoms with Crippen molar-refractivity contribution in [1.29, 1.82) is 0 Å². The number of nitrogens with zero attached hydrogens (tertiary/aromatic N) is 4. The number of benzene rings is 1. The average Bonchev–Trinajstić information content (AvgIpc) is 3.53. The second kappa shape index (κ2) is 8.79. The molecule has 2 N–H and O–H groups in total. The summed E-state index contributed by atoms with van der Waals surface area (Å²) in [6, 6.07) is 11.6. The third-order valence-electron chi connectivity index (χ3n) is 6.91. The summed E-state index contributed by atoms with van der Waals surface area (Å²) in [4.78, 5) is 11.5. The van der Waals surface area contributed by atoms with Gasteiger partial charge in [0.1, 0.15) is 17.3 Å². The van der Waals surface area contributed by atoms with Crippen LogP contribution in [0.2, 0.25) is 0 Å². The van der Waals surface area contributed by atoms with Crippen LogP contribution < -0.4 is 10.6 Å². The number of hydrogen-bond acceptors (Lipinski definition) is 6. The Morgan fingerprint density at radius 2 is 1.88 bits per heavy atom. The minimum Gasteiger partial charge on any atom is -0.379 e. The number of rotatable bonds is 5. The molecule has 2 aliphatic rings. The lowest BCUT2D eigenvalue weighted by molar-refractivity contribution is 0.0198. The van der Waals surface area contributed by atoms with Crippen molar-refractivity contribution in [1.82, 2.24) is 24.6 Å². The van der Waals surface area contributed by atoms with Crippen LogP contribution in [0, 0.1) is 5.82 Å². The molecular formula is C26H27FN6O. The van der Waals surface area contributed by atoms with Crippen LogP contribution in [0.1, 0.15) is 29.7 Å². The zero-order valence-electron chi connectivity index (χ0n) is 19.1. The Kier molecular flexibility index (Phi) is 5.49. The number of pyridine rings is 2. The highest BCUT2D eigenvalue weighted by molar-refractivity contribution is 5.75. The molecule has 1 saturated heterocycles. The van der Waals surface area contributed by atoms with Crippen LogP contribution in [0.15, 0.2) is 55.0 Å². The van der Waals surface area contributed by atoms with Crippen LogP contribution in [0.25, 0.3) is 16.9 Å². The van der Waals surface area contributed by atoms with E-state index in [-0.39, 0.29) is 5.82 Å². The van der Waals surface area contributed by atoms with E-state index in [0.29, 0.717) is 11.7 Å². The van der Waals surface area contributed by atoms with Crippen molar-refractivity contribution in [2.75, 3.05) is 31.6 Å². The minimum absolute atomic E-state index is 0.283. The number of aromatic nitrogens is 3. The Hall–Kier alpha value is -3.33. The topological polar surface area (TPSA) is 66.7 Å². The molecule has 0 bridgehead atoms. The molecular weight excluding hydrogens is 431 g/mol. The molecule has 0 aliphatic carbocycles. The summed E-state index contributed by atoms with van der Waals surface area (Å²) in [5.74, 6) is 0.541. The molecule has 6 rings (SSSR count). The molecule has 7 nitrogen and oxygen atoms in total. The van der Waals surface area contributed by atoms with Crippen molar-refractivity contribution in [2.24, 2.45) is 0 Å². The Bertz CT molecular complexity index is 1330. The SMILES string of the molecule is C[C@H](c1ccc(Nc2ccc(-c3cnc4cc(F)ccn34)c3c2CNC3)nc1)N1CCOCC1. The molecule has 174 valence electrons. The van der Waals surface area contributed by atoms with Gasteiger partial charge in [-0.25, -0.2) is 14.4 Å². The van der Waals surface area contributed by atoms with E-state index in [9.17, 15) is 4.39 Å². The summed E-state index contributed by atoms with van der Waals surface area (Å²) in [6.07, 6.45) is 5.51. The fraction of sp³-hybridized carbons (Fsp3) is 0.308. The molecule has 0 saturated carbocycles. The Morgan fingerprint density at radius 3 is 2.71 bits per heavy atom. The summed E-state index contributed by atoms with van der Waals surface area (Å²) < 4.78 is 21.0. The zero-order valence-corrected chi connectivity index (χ0v) is 19.1. The number of imidazole rings is 1. The van der Waals surface area contributed by atoms with E-state index in [2.05, 4.69) is 45.6 Å². The van der Waals surface area contributed by atoms with Gasteiger partial charge in [0, 0.05) is 61.9 Å². The van der Waals surface area contributed by atoms with Gasteiger partial charge in [0.05, 0.1) is 25.1 Å². The number of fused-ring (bicyclic) bond motifs is 2. The van der Waals surface area contributed by atoms with Crippen LogP contribution >= 0.6 is 0 Å². The van der Waals surface area contributed by atoms with Gasteiger partial charge in [-0.15, -0.1) is 0 Å². The lowest BCUT2D eigenvalue weighted by Crippen LogP contribution is -2.38. The van der Waals surface area contributed by atoms with Crippen molar-refractivity contribution in [3.63, 3.8) is 0 Å². The van der Waals surface area contributed by atoms with Gasteiger partial charge in [0.15, 0.2) is 0 Å². The summed E-state index contributed by atoms with van der Waals surface area (Å²) in [6.45, 7) is 7.27. The summed E-state index contributed by atoms with van der Waals surface area (Å²) >= 11 is 0. The molecule has 2 aliphatic heterocycles. The van der Waals surface area contributed by atoms with Crippen molar-refractivity contribution in [3.05, 3.63) is 77.5 Å². The molecule has 8 heteroatoms. The van der Waals surface area contributed by atoms with Gasteiger partial charge < -0.3 is 15.4 Å². The summed E-state index contributed by atoms with van der Waals surface area (Å²) in [5, 5.41) is 6.98. The normalized spacial score (nSPS) is 17.1. The maximum Gasteiger partial charge on any atom is 0.140 e. The van der Waals surface area contributed by atoms with Gasteiger partial charge in [-0.1, -0.05) is 12.1 Å². The maximum absolute atomic E-state index is 13.6. The molecule has 4 aromatic rings. The van der Waals surface area contributed by atoms with Gasteiger partial charge in [-0.05, 0) is 41.8 Å². The first-order valence-electron chi connectivity index (χ1n) is 11.7. The molecule has 34 heavy (non-hydrogen) atoms. The molecule has 0 spiro atoms. The molecule has 3 aromatic heterocycles. The van der Waals surface area contributed by atoms with Crippen LogP contribution in [-0.2, 0) is 17.8 Å². The molecule has 1 aromatic carbocycles. The van der Waals surface area contributed by atoms with E-state index in [1.165, 1.54) is 28.8 Å². The third-order valence-corrected chi connectivity index (χ3v) is 6.91. The lowest BCUT2D eigenvalue weighted by atomic mass is 9.99. The first-order valence-corrected chi connectivity index (χ1v) is 11.7. The van der Waals surface area contributed by atoms with Gasteiger partial charge in [-0.2, -0.15) is 0 Å². The Morgan fingerprint density at radius 1 is 1.03 bits per heavy atom. The fourth-order valence-electron chi connectivity index (χ4n) is 4.96.